The molecule has 0 amide bonds. The highest BCUT2D eigenvalue weighted by atomic mass is 32.3. The molecule has 3 aromatic carbocycles. The first-order chi connectivity index (χ1) is 15.7. The average Bonchev–Trinajstić information content (AvgIpc) is 2.80. The first kappa shape index (κ1) is 24.5. The van der Waals surface area contributed by atoms with E-state index in [1.807, 2.05) is 37.3 Å². The molecule has 1 N–H and O–H groups in total. The lowest BCUT2D eigenvalue weighted by molar-refractivity contribution is 0.409. The highest BCUT2D eigenvalue weighted by molar-refractivity contribution is 8.03. The summed E-state index contributed by atoms with van der Waals surface area (Å²) in [7, 11) is -7.87. The molecule has 7 heteroatoms. The van der Waals surface area contributed by atoms with Gasteiger partial charge in [-0.15, -0.1) is 10.3 Å². The van der Waals surface area contributed by atoms with E-state index in [0.29, 0.717) is 0 Å². The summed E-state index contributed by atoms with van der Waals surface area (Å²) in [5.41, 5.74) is 1.65. The molecule has 0 aliphatic heterocycles. The molecule has 0 spiro atoms. The van der Waals surface area contributed by atoms with Gasteiger partial charge in [0.05, 0.1) is 25.6 Å². The number of allylic oxidation sites excluding steroid dienone is 2. The van der Waals surface area contributed by atoms with Crippen LogP contribution in [0.4, 0.5) is 0 Å². The zero-order valence-corrected chi connectivity index (χ0v) is 20.2. The molecule has 0 aliphatic rings. The van der Waals surface area contributed by atoms with Crippen molar-refractivity contribution in [3.05, 3.63) is 121 Å². The van der Waals surface area contributed by atoms with E-state index in [-0.39, 0.29) is 15.6 Å². The third-order valence-electron chi connectivity index (χ3n) is 5.17. The van der Waals surface area contributed by atoms with Crippen LogP contribution in [-0.4, -0.2) is 23.0 Å². The van der Waals surface area contributed by atoms with Crippen molar-refractivity contribution < 1.29 is 17.7 Å². The topological polar surface area (TPSA) is 83.8 Å². The third-order valence-corrected chi connectivity index (χ3v) is 9.88. The van der Waals surface area contributed by atoms with E-state index in [2.05, 4.69) is 10.3 Å². The predicted molar refractivity (Wildman–Crippen MR) is 133 cm³/mol. The average molecular weight is 482 g/mol. The van der Waals surface area contributed by atoms with Gasteiger partial charge in [0, 0.05) is 10.8 Å². The number of aliphatic hydroxyl groups is 1. The number of nitrogens with zero attached hydrogens (tertiary/aromatic N) is 1. The number of aliphatic hydroxyl groups excluding tert-OH is 1. The van der Waals surface area contributed by atoms with Crippen LogP contribution in [0.1, 0.15) is 24.0 Å². The Morgan fingerprint density at radius 3 is 1.94 bits per heavy atom. The maximum absolute atomic E-state index is 14.6. The number of hydrogen-bond acceptors (Lipinski definition) is 4. The third kappa shape index (κ3) is 5.61. The second-order valence-electron chi connectivity index (χ2n) is 7.69. The summed E-state index contributed by atoms with van der Waals surface area (Å²) < 4.78 is 45.3. The Kier molecular flexibility index (Phi) is 7.56. The van der Waals surface area contributed by atoms with Gasteiger partial charge in [0.25, 0.3) is 10.0 Å². The summed E-state index contributed by atoms with van der Waals surface area (Å²) >= 11 is 0. The van der Waals surface area contributed by atoms with Crippen LogP contribution in [0.5, 0.6) is 0 Å². The Morgan fingerprint density at radius 1 is 0.879 bits per heavy atom. The van der Waals surface area contributed by atoms with Crippen LogP contribution < -0.4 is 0 Å². The van der Waals surface area contributed by atoms with E-state index >= 15 is 0 Å². The molecule has 33 heavy (non-hydrogen) atoms. The van der Waals surface area contributed by atoms with Gasteiger partial charge < -0.3 is 5.11 Å². The fourth-order valence-corrected chi connectivity index (χ4v) is 8.04. The Balaban J connectivity index is 2.32. The summed E-state index contributed by atoms with van der Waals surface area (Å²) in [5.74, 6) is -0.606. The van der Waals surface area contributed by atoms with E-state index in [1.54, 1.807) is 48.5 Å². The molecule has 0 heterocycles. The molecule has 0 saturated heterocycles. The summed E-state index contributed by atoms with van der Waals surface area (Å²) in [5, 5.41) is 9.15. The largest absolute Gasteiger partial charge is 0.513 e. The zero-order valence-electron chi connectivity index (χ0n) is 18.5. The molecule has 3 atom stereocenters. The Labute approximate surface area is 196 Å². The zero-order chi connectivity index (χ0) is 24.1. The van der Waals surface area contributed by atoms with Gasteiger partial charge in [0.2, 0.25) is 0 Å². The highest BCUT2D eigenvalue weighted by Gasteiger charge is 2.33. The lowest BCUT2D eigenvalue weighted by Gasteiger charge is -2.26. The molecule has 5 nitrogen and oxygen atoms in total. The molecule has 0 saturated carbocycles. The van der Waals surface area contributed by atoms with Crippen molar-refractivity contribution in [2.24, 2.45) is 3.77 Å². The van der Waals surface area contributed by atoms with Crippen LogP contribution in [0.15, 0.2) is 123 Å². The summed E-state index contributed by atoms with van der Waals surface area (Å²) in [6, 6.07) is 23.7. The van der Waals surface area contributed by atoms with Gasteiger partial charge in [-0.2, -0.15) is 8.42 Å². The molecule has 0 bridgehead atoms. The first-order valence-electron chi connectivity index (χ1n) is 10.4. The maximum atomic E-state index is 14.6. The maximum Gasteiger partial charge on any atom is 0.290 e. The number of rotatable bonds is 8. The van der Waals surface area contributed by atoms with Gasteiger partial charge in [-0.1, -0.05) is 72.3 Å². The van der Waals surface area contributed by atoms with Crippen molar-refractivity contribution in [3.63, 3.8) is 0 Å². The van der Waals surface area contributed by atoms with E-state index in [4.69, 9.17) is 0 Å². The van der Waals surface area contributed by atoms with Gasteiger partial charge in [0.1, 0.15) is 0 Å². The van der Waals surface area contributed by atoms with Crippen LogP contribution in [-0.2, 0) is 19.8 Å². The van der Waals surface area contributed by atoms with E-state index in [9.17, 15) is 17.7 Å². The summed E-state index contributed by atoms with van der Waals surface area (Å²) in [6.45, 7) is 7.24. The minimum Gasteiger partial charge on any atom is -0.513 e. The molecule has 172 valence electrons. The lowest BCUT2D eigenvalue weighted by atomic mass is 9.94. The number of benzene rings is 3. The Hall–Kier alpha value is -3.16. The Morgan fingerprint density at radius 2 is 1.42 bits per heavy atom. The standard InChI is InChI=1S/C26H27NO4S2/c1-4-26(25(19-21(3)28)22-11-7-5-8-12-22)32(29,23-13-9-6-10-14-23)27-33(30,31)24-17-15-20(2)16-18-24/h4-19,25-26,28H,1H2,2-3H3/b21-19-/t25-,26+,32+/m0/s1. The normalized spacial score (nSPS) is 15.8. The van der Waals surface area contributed by atoms with Crippen molar-refractivity contribution in [3.8, 4) is 0 Å². The van der Waals surface area contributed by atoms with Crippen molar-refractivity contribution >= 4 is 19.8 Å². The van der Waals surface area contributed by atoms with Crippen LogP contribution >= 0.6 is 0 Å². The molecule has 0 aliphatic carbocycles. The highest BCUT2D eigenvalue weighted by Crippen LogP contribution is 2.34. The molecular weight excluding hydrogens is 454 g/mol. The second-order valence-corrected chi connectivity index (χ2v) is 11.9. The molecule has 0 unspecified atom stereocenters. The fraction of sp³-hybridized carbons (Fsp3) is 0.154. The van der Waals surface area contributed by atoms with E-state index < -0.39 is 30.9 Å². The summed E-state index contributed by atoms with van der Waals surface area (Å²) in [6.07, 6.45) is 3.01. The molecule has 3 aromatic rings. The monoisotopic (exact) mass is 481 g/mol. The lowest BCUT2D eigenvalue weighted by Crippen LogP contribution is -2.27. The van der Waals surface area contributed by atoms with Gasteiger partial charge in [-0.05, 0) is 49.8 Å². The van der Waals surface area contributed by atoms with Crippen LogP contribution in [0.25, 0.3) is 0 Å². The molecule has 0 aromatic heterocycles. The van der Waals surface area contributed by atoms with Gasteiger partial charge in [0.15, 0.2) is 0 Å². The Bertz CT molecular complexity index is 1350. The number of hydrogen-bond donors (Lipinski definition) is 1. The van der Waals surface area contributed by atoms with Gasteiger partial charge >= 0.3 is 0 Å². The fourth-order valence-electron chi connectivity index (χ4n) is 3.56. The molecule has 0 fully saturated rings. The second kappa shape index (κ2) is 10.2. The van der Waals surface area contributed by atoms with Crippen LogP contribution in [0.2, 0.25) is 0 Å². The molecular formula is C26H27NO4S2. The molecule has 0 radical (unpaired) electrons. The van der Waals surface area contributed by atoms with E-state index in [1.165, 1.54) is 25.1 Å². The minimum absolute atomic E-state index is 0.0203. The van der Waals surface area contributed by atoms with Gasteiger partial charge in [-0.25, -0.2) is 4.21 Å². The quantitative estimate of drug-likeness (QED) is 0.315. The van der Waals surface area contributed by atoms with Crippen molar-refractivity contribution in [1.82, 2.24) is 0 Å². The van der Waals surface area contributed by atoms with Crippen molar-refractivity contribution in [2.45, 2.75) is 34.8 Å². The SMILES string of the molecule is C=C[C@H]([C@@H](/C=C(/C)O)c1ccccc1)[S@@](=O)(=NS(=O)(=O)c1ccc(C)cc1)c1ccccc1. The molecule has 3 rings (SSSR count). The minimum atomic E-state index is -4.26. The van der Waals surface area contributed by atoms with Crippen LogP contribution in [0.3, 0.4) is 0 Å². The van der Waals surface area contributed by atoms with Crippen molar-refractivity contribution in [2.75, 3.05) is 0 Å². The smallest absolute Gasteiger partial charge is 0.290 e. The van der Waals surface area contributed by atoms with Gasteiger partial charge in [-0.3, -0.25) is 0 Å². The van der Waals surface area contributed by atoms with Crippen LogP contribution in [0, 0.1) is 6.92 Å². The van der Waals surface area contributed by atoms with Crippen molar-refractivity contribution in [1.29, 1.82) is 0 Å². The summed E-state index contributed by atoms with van der Waals surface area (Å²) in [4.78, 5) is 0.236. The first-order valence-corrected chi connectivity index (χ1v) is 13.4. The number of sulfonamides is 1. The van der Waals surface area contributed by atoms with E-state index in [0.717, 1.165) is 11.1 Å². The predicted octanol–water partition coefficient (Wildman–Crippen LogP) is 6.01. The number of aryl methyl sites for hydroxylation is 1.